The van der Waals surface area contributed by atoms with E-state index in [4.69, 9.17) is 10.6 Å². The topological polar surface area (TPSA) is 57.4 Å². The predicted octanol–water partition coefficient (Wildman–Crippen LogP) is 0.902. The molecular formula is C7H11ClN2O2. The van der Waals surface area contributed by atoms with Crippen molar-refractivity contribution < 1.29 is 9.57 Å². The highest BCUT2D eigenvalue weighted by Gasteiger charge is 2.00. The Bertz CT molecular complexity index is 232. The van der Waals surface area contributed by atoms with Crippen LogP contribution in [0.4, 0.5) is 0 Å². The molecule has 2 N–H and O–H groups in total. The zero-order valence-electron chi connectivity index (χ0n) is 6.69. The maximum Gasteiger partial charge on any atom is 0.218 e. The number of aromatic nitrogens is 1. The van der Waals surface area contributed by atoms with Gasteiger partial charge in [-0.25, -0.2) is 10.9 Å². The summed E-state index contributed by atoms with van der Waals surface area (Å²) in [6, 6.07) is 3.65. The Kier molecular flexibility index (Phi) is 5.36. The first kappa shape index (κ1) is 11.2. The molecule has 12 heavy (non-hydrogen) atoms. The summed E-state index contributed by atoms with van der Waals surface area (Å²) in [4.78, 5) is 8.41. The Hall–Kier alpha value is -0.840. The molecule has 0 aromatic carbocycles. The molecule has 0 bridgehead atoms. The molecule has 1 aromatic heterocycles. The summed E-state index contributed by atoms with van der Waals surface area (Å²) in [7, 11) is 1.56. The number of ether oxygens (including phenoxy) is 1. The van der Waals surface area contributed by atoms with Crippen molar-refractivity contribution in [2.45, 2.75) is 6.61 Å². The Labute approximate surface area is 77.1 Å². The van der Waals surface area contributed by atoms with Crippen LogP contribution in [0, 0.1) is 0 Å². The Morgan fingerprint density at radius 2 is 2.33 bits per heavy atom. The summed E-state index contributed by atoms with van der Waals surface area (Å²) in [5, 5.41) is 0. The summed E-state index contributed by atoms with van der Waals surface area (Å²) in [6.07, 6.45) is 1.65. The molecule has 0 spiro atoms. The van der Waals surface area contributed by atoms with Crippen LogP contribution in [-0.2, 0) is 11.4 Å². The minimum absolute atomic E-state index is 0. The zero-order chi connectivity index (χ0) is 8.10. The van der Waals surface area contributed by atoms with E-state index < -0.39 is 0 Å². The molecule has 0 saturated carbocycles. The number of rotatable bonds is 3. The quantitative estimate of drug-likeness (QED) is 0.720. The van der Waals surface area contributed by atoms with Gasteiger partial charge in [0.15, 0.2) is 0 Å². The molecule has 0 aliphatic carbocycles. The average Bonchev–Trinajstić information content (AvgIpc) is 2.06. The number of halogens is 1. The highest BCUT2D eigenvalue weighted by atomic mass is 35.5. The molecule has 0 saturated heterocycles. The van der Waals surface area contributed by atoms with Crippen molar-refractivity contribution >= 4 is 12.4 Å². The van der Waals surface area contributed by atoms with Crippen LogP contribution in [0.2, 0.25) is 0 Å². The molecule has 5 heteroatoms. The molecule has 1 heterocycles. The third-order valence-corrected chi connectivity index (χ3v) is 1.28. The lowest BCUT2D eigenvalue weighted by Gasteiger charge is -2.03. The van der Waals surface area contributed by atoms with E-state index in [0.29, 0.717) is 12.5 Å². The number of hydrogen-bond acceptors (Lipinski definition) is 4. The van der Waals surface area contributed by atoms with Crippen LogP contribution in [0.5, 0.6) is 5.88 Å². The summed E-state index contributed by atoms with van der Waals surface area (Å²) < 4.78 is 4.95. The summed E-state index contributed by atoms with van der Waals surface area (Å²) in [5.74, 6) is 5.45. The third kappa shape index (κ3) is 2.65. The first-order valence-electron chi connectivity index (χ1n) is 3.18. The van der Waals surface area contributed by atoms with Crippen molar-refractivity contribution in [1.29, 1.82) is 0 Å². The van der Waals surface area contributed by atoms with Crippen LogP contribution in [0.1, 0.15) is 5.56 Å². The molecule has 0 unspecified atom stereocenters. The molecule has 0 atom stereocenters. The van der Waals surface area contributed by atoms with Gasteiger partial charge in [-0.2, -0.15) is 0 Å². The summed E-state index contributed by atoms with van der Waals surface area (Å²) in [6.45, 7) is 0.316. The first-order valence-corrected chi connectivity index (χ1v) is 3.18. The van der Waals surface area contributed by atoms with Crippen molar-refractivity contribution in [2.24, 2.45) is 5.90 Å². The number of pyridine rings is 1. The van der Waals surface area contributed by atoms with E-state index in [1.54, 1.807) is 19.4 Å². The van der Waals surface area contributed by atoms with E-state index in [-0.39, 0.29) is 12.4 Å². The van der Waals surface area contributed by atoms with Gasteiger partial charge < -0.3 is 4.74 Å². The fraction of sp³-hybridized carbons (Fsp3) is 0.286. The van der Waals surface area contributed by atoms with Gasteiger partial charge in [0, 0.05) is 11.8 Å². The lowest BCUT2D eigenvalue weighted by atomic mass is 10.3. The van der Waals surface area contributed by atoms with Crippen molar-refractivity contribution in [1.82, 2.24) is 4.98 Å². The third-order valence-electron chi connectivity index (χ3n) is 1.28. The molecule has 4 nitrogen and oxygen atoms in total. The molecule has 0 aliphatic heterocycles. The van der Waals surface area contributed by atoms with Gasteiger partial charge in [-0.05, 0) is 12.1 Å². The number of nitrogens with two attached hydrogens (primary N) is 1. The summed E-state index contributed by atoms with van der Waals surface area (Å²) in [5.41, 5.74) is 0.845. The highest BCUT2D eigenvalue weighted by molar-refractivity contribution is 5.85. The van der Waals surface area contributed by atoms with Gasteiger partial charge in [0.05, 0.1) is 13.7 Å². The SMILES string of the molecule is COc1ncccc1CON.Cl. The van der Waals surface area contributed by atoms with Gasteiger partial charge in [-0.1, -0.05) is 0 Å². The van der Waals surface area contributed by atoms with Gasteiger partial charge >= 0.3 is 0 Å². The second kappa shape index (κ2) is 5.77. The van der Waals surface area contributed by atoms with E-state index in [1.807, 2.05) is 6.07 Å². The maximum absolute atomic E-state index is 4.95. The average molecular weight is 191 g/mol. The van der Waals surface area contributed by atoms with Crippen molar-refractivity contribution in [3.05, 3.63) is 23.9 Å². The molecule has 0 aliphatic rings. The molecule has 1 rings (SSSR count). The Balaban J connectivity index is 0.00000121. The van der Waals surface area contributed by atoms with Crippen LogP contribution in [-0.4, -0.2) is 12.1 Å². The second-order valence-electron chi connectivity index (χ2n) is 1.98. The van der Waals surface area contributed by atoms with Crippen LogP contribution in [0.3, 0.4) is 0 Å². The Morgan fingerprint density at radius 1 is 1.58 bits per heavy atom. The minimum atomic E-state index is 0. The fourth-order valence-corrected chi connectivity index (χ4v) is 0.808. The zero-order valence-corrected chi connectivity index (χ0v) is 7.50. The molecular weight excluding hydrogens is 180 g/mol. The van der Waals surface area contributed by atoms with E-state index in [2.05, 4.69) is 9.82 Å². The van der Waals surface area contributed by atoms with Gasteiger partial charge in [-0.15, -0.1) is 12.4 Å². The molecule has 0 fully saturated rings. The minimum Gasteiger partial charge on any atom is -0.481 e. The van der Waals surface area contributed by atoms with E-state index in [0.717, 1.165) is 5.56 Å². The van der Waals surface area contributed by atoms with E-state index in [9.17, 15) is 0 Å². The smallest absolute Gasteiger partial charge is 0.218 e. The molecule has 0 amide bonds. The fourth-order valence-electron chi connectivity index (χ4n) is 0.808. The molecule has 0 radical (unpaired) electrons. The largest absolute Gasteiger partial charge is 0.481 e. The van der Waals surface area contributed by atoms with E-state index >= 15 is 0 Å². The van der Waals surface area contributed by atoms with Crippen molar-refractivity contribution in [2.75, 3.05) is 7.11 Å². The second-order valence-corrected chi connectivity index (χ2v) is 1.98. The van der Waals surface area contributed by atoms with Crippen LogP contribution in [0.25, 0.3) is 0 Å². The molecule has 1 aromatic rings. The van der Waals surface area contributed by atoms with Crippen molar-refractivity contribution in [3.63, 3.8) is 0 Å². The van der Waals surface area contributed by atoms with Crippen LogP contribution >= 0.6 is 12.4 Å². The summed E-state index contributed by atoms with van der Waals surface area (Å²) >= 11 is 0. The standard InChI is InChI=1S/C7H10N2O2.ClH/c1-10-7-6(5-11-8)3-2-4-9-7;/h2-4H,5,8H2,1H3;1H. The number of nitrogens with zero attached hydrogens (tertiary/aromatic N) is 1. The molecule has 68 valence electrons. The van der Waals surface area contributed by atoms with Gasteiger partial charge in [-0.3, -0.25) is 4.84 Å². The number of methoxy groups -OCH3 is 1. The Morgan fingerprint density at radius 3 is 2.92 bits per heavy atom. The van der Waals surface area contributed by atoms with Gasteiger partial charge in [0.1, 0.15) is 0 Å². The predicted molar refractivity (Wildman–Crippen MR) is 47.0 cm³/mol. The van der Waals surface area contributed by atoms with Gasteiger partial charge in [0.25, 0.3) is 0 Å². The van der Waals surface area contributed by atoms with Crippen LogP contribution < -0.4 is 10.6 Å². The van der Waals surface area contributed by atoms with Crippen LogP contribution in [0.15, 0.2) is 18.3 Å². The highest BCUT2D eigenvalue weighted by Crippen LogP contribution is 2.13. The maximum atomic E-state index is 4.95. The lowest BCUT2D eigenvalue weighted by molar-refractivity contribution is 0.121. The van der Waals surface area contributed by atoms with E-state index in [1.165, 1.54) is 0 Å². The normalized spacial score (nSPS) is 8.83. The lowest BCUT2D eigenvalue weighted by Crippen LogP contribution is -2.01. The first-order chi connectivity index (χ1) is 5.38. The monoisotopic (exact) mass is 190 g/mol. The van der Waals surface area contributed by atoms with Gasteiger partial charge in [0.2, 0.25) is 5.88 Å². The number of hydrogen-bond donors (Lipinski definition) is 1. The van der Waals surface area contributed by atoms with Crippen molar-refractivity contribution in [3.8, 4) is 5.88 Å².